The first-order valence-electron chi connectivity index (χ1n) is 6.79. The highest BCUT2D eigenvalue weighted by Crippen LogP contribution is 2.18. The minimum atomic E-state index is -0.395. The maximum atomic E-state index is 10.6. The molecular weight excluding hydrogens is 268 g/mol. The summed E-state index contributed by atoms with van der Waals surface area (Å²) in [5.41, 5.74) is 2.24. The van der Waals surface area contributed by atoms with Crippen LogP contribution in [0.3, 0.4) is 0 Å². The Balaban J connectivity index is 1.91. The SMILES string of the molecule is CNCc1ccccc1OCCc1ccc([N+](=O)[O-])cc1. The van der Waals surface area contributed by atoms with E-state index in [9.17, 15) is 10.1 Å². The van der Waals surface area contributed by atoms with Crippen molar-refractivity contribution in [2.45, 2.75) is 13.0 Å². The number of non-ortho nitro benzene ring substituents is 1. The molecule has 0 amide bonds. The monoisotopic (exact) mass is 286 g/mol. The Hall–Kier alpha value is -2.40. The quantitative estimate of drug-likeness (QED) is 0.628. The van der Waals surface area contributed by atoms with Crippen molar-refractivity contribution >= 4 is 5.69 Å². The van der Waals surface area contributed by atoms with E-state index >= 15 is 0 Å². The summed E-state index contributed by atoms with van der Waals surface area (Å²) in [4.78, 5) is 10.2. The molecule has 0 spiro atoms. The number of nitro benzene ring substituents is 1. The third kappa shape index (κ3) is 4.29. The number of nitrogens with zero attached hydrogens (tertiary/aromatic N) is 1. The molecule has 2 aromatic rings. The zero-order chi connectivity index (χ0) is 15.1. The predicted molar refractivity (Wildman–Crippen MR) is 81.5 cm³/mol. The van der Waals surface area contributed by atoms with Crippen LogP contribution in [-0.2, 0) is 13.0 Å². The second-order valence-electron chi connectivity index (χ2n) is 4.66. The Morgan fingerprint density at radius 1 is 1.14 bits per heavy atom. The number of benzene rings is 2. The van der Waals surface area contributed by atoms with Gasteiger partial charge in [0, 0.05) is 30.7 Å². The summed E-state index contributed by atoms with van der Waals surface area (Å²) in [6, 6.07) is 14.5. The lowest BCUT2D eigenvalue weighted by molar-refractivity contribution is -0.384. The summed E-state index contributed by atoms with van der Waals surface area (Å²) in [5, 5.41) is 13.7. The van der Waals surface area contributed by atoms with Crippen molar-refractivity contribution in [3.05, 3.63) is 69.8 Å². The van der Waals surface area contributed by atoms with Crippen LogP contribution in [0.4, 0.5) is 5.69 Å². The van der Waals surface area contributed by atoms with Gasteiger partial charge < -0.3 is 10.1 Å². The Morgan fingerprint density at radius 2 is 1.86 bits per heavy atom. The van der Waals surface area contributed by atoms with E-state index in [0.29, 0.717) is 13.0 Å². The summed E-state index contributed by atoms with van der Waals surface area (Å²) in [7, 11) is 1.90. The zero-order valence-electron chi connectivity index (χ0n) is 11.9. The first-order valence-corrected chi connectivity index (χ1v) is 6.79. The van der Waals surface area contributed by atoms with Gasteiger partial charge in [0.15, 0.2) is 0 Å². The van der Waals surface area contributed by atoms with Crippen LogP contribution in [0, 0.1) is 10.1 Å². The molecule has 110 valence electrons. The summed E-state index contributed by atoms with van der Waals surface area (Å²) < 4.78 is 5.80. The lowest BCUT2D eigenvalue weighted by Gasteiger charge is -2.11. The van der Waals surface area contributed by atoms with E-state index in [1.54, 1.807) is 12.1 Å². The summed E-state index contributed by atoms with van der Waals surface area (Å²) in [5.74, 6) is 0.869. The average Bonchev–Trinajstić information content (AvgIpc) is 2.50. The fourth-order valence-corrected chi connectivity index (χ4v) is 2.04. The van der Waals surface area contributed by atoms with Gasteiger partial charge in [-0.05, 0) is 18.7 Å². The van der Waals surface area contributed by atoms with Crippen molar-refractivity contribution in [2.24, 2.45) is 0 Å². The molecule has 0 fully saturated rings. The molecule has 0 unspecified atom stereocenters. The number of ether oxygens (including phenoxy) is 1. The topological polar surface area (TPSA) is 64.4 Å². The number of rotatable bonds is 7. The van der Waals surface area contributed by atoms with Gasteiger partial charge in [0.25, 0.3) is 5.69 Å². The molecule has 0 aliphatic rings. The van der Waals surface area contributed by atoms with Gasteiger partial charge in [-0.2, -0.15) is 0 Å². The Labute approximate surface area is 123 Å². The lowest BCUT2D eigenvalue weighted by atomic mass is 10.1. The van der Waals surface area contributed by atoms with Gasteiger partial charge in [-0.15, -0.1) is 0 Å². The Kier molecular flexibility index (Phi) is 5.29. The van der Waals surface area contributed by atoms with Gasteiger partial charge in [0.2, 0.25) is 0 Å². The van der Waals surface area contributed by atoms with E-state index in [2.05, 4.69) is 5.32 Å². The number of nitrogens with one attached hydrogen (secondary N) is 1. The largest absolute Gasteiger partial charge is 0.493 e. The van der Waals surface area contributed by atoms with Crippen molar-refractivity contribution in [1.82, 2.24) is 5.32 Å². The molecule has 21 heavy (non-hydrogen) atoms. The van der Waals surface area contributed by atoms with Crippen LogP contribution in [0.2, 0.25) is 0 Å². The third-order valence-electron chi connectivity index (χ3n) is 3.14. The van der Waals surface area contributed by atoms with Crippen LogP contribution >= 0.6 is 0 Å². The number of hydrogen-bond donors (Lipinski definition) is 1. The lowest BCUT2D eigenvalue weighted by Crippen LogP contribution is -2.08. The zero-order valence-corrected chi connectivity index (χ0v) is 11.9. The van der Waals surface area contributed by atoms with Gasteiger partial charge in [-0.25, -0.2) is 0 Å². The van der Waals surface area contributed by atoms with Crippen molar-refractivity contribution in [3.63, 3.8) is 0 Å². The Morgan fingerprint density at radius 3 is 2.52 bits per heavy atom. The van der Waals surface area contributed by atoms with E-state index in [1.807, 2.05) is 31.3 Å². The fourth-order valence-electron chi connectivity index (χ4n) is 2.04. The van der Waals surface area contributed by atoms with E-state index in [-0.39, 0.29) is 5.69 Å². The number of para-hydroxylation sites is 1. The molecule has 0 saturated carbocycles. The second-order valence-corrected chi connectivity index (χ2v) is 4.66. The molecular formula is C16H18N2O3. The molecule has 0 aliphatic carbocycles. The molecule has 0 bridgehead atoms. The van der Waals surface area contributed by atoms with Crippen LogP contribution < -0.4 is 10.1 Å². The maximum absolute atomic E-state index is 10.6. The average molecular weight is 286 g/mol. The summed E-state index contributed by atoms with van der Waals surface area (Å²) >= 11 is 0. The van der Waals surface area contributed by atoms with Gasteiger partial charge in [-0.3, -0.25) is 10.1 Å². The number of nitro groups is 1. The molecule has 0 aromatic heterocycles. The molecule has 0 aliphatic heterocycles. The van der Waals surface area contributed by atoms with E-state index in [4.69, 9.17) is 4.74 Å². The number of hydrogen-bond acceptors (Lipinski definition) is 4. The standard InChI is InChI=1S/C16H18N2O3/c1-17-12-14-4-2-3-5-16(14)21-11-10-13-6-8-15(9-7-13)18(19)20/h2-9,17H,10-12H2,1H3. The minimum absolute atomic E-state index is 0.110. The summed E-state index contributed by atoms with van der Waals surface area (Å²) in [6.45, 7) is 1.30. The van der Waals surface area contributed by atoms with Crippen molar-refractivity contribution in [2.75, 3.05) is 13.7 Å². The molecule has 5 heteroatoms. The van der Waals surface area contributed by atoms with Gasteiger partial charge in [0.05, 0.1) is 11.5 Å². The predicted octanol–water partition coefficient (Wildman–Crippen LogP) is 2.94. The first-order chi connectivity index (χ1) is 10.2. The van der Waals surface area contributed by atoms with E-state index < -0.39 is 4.92 Å². The van der Waals surface area contributed by atoms with Crippen LogP contribution in [-0.4, -0.2) is 18.6 Å². The first kappa shape index (κ1) is 15.0. The van der Waals surface area contributed by atoms with Crippen LogP contribution in [0.15, 0.2) is 48.5 Å². The van der Waals surface area contributed by atoms with Crippen molar-refractivity contribution in [1.29, 1.82) is 0 Å². The smallest absolute Gasteiger partial charge is 0.269 e. The molecule has 5 nitrogen and oxygen atoms in total. The van der Waals surface area contributed by atoms with Crippen molar-refractivity contribution in [3.8, 4) is 5.75 Å². The van der Waals surface area contributed by atoms with E-state index in [0.717, 1.165) is 23.4 Å². The molecule has 0 radical (unpaired) electrons. The van der Waals surface area contributed by atoms with Gasteiger partial charge >= 0.3 is 0 Å². The highest BCUT2D eigenvalue weighted by atomic mass is 16.6. The fraction of sp³-hybridized carbons (Fsp3) is 0.250. The van der Waals surface area contributed by atoms with Gasteiger partial charge in [0.1, 0.15) is 5.75 Å². The molecule has 0 saturated heterocycles. The molecule has 1 N–H and O–H groups in total. The van der Waals surface area contributed by atoms with Crippen LogP contribution in [0.25, 0.3) is 0 Å². The second kappa shape index (κ2) is 7.40. The molecule has 0 heterocycles. The van der Waals surface area contributed by atoms with Crippen molar-refractivity contribution < 1.29 is 9.66 Å². The summed E-state index contributed by atoms with van der Waals surface area (Å²) in [6.07, 6.45) is 0.714. The molecule has 0 atom stereocenters. The Bertz CT molecular complexity index is 597. The molecule has 2 rings (SSSR count). The highest BCUT2D eigenvalue weighted by Gasteiger charge is 2.05. The molecule has 2 aromatic carbocycles. The highest BCUT2D eigenvalue weighted by molar-refractivity contribution is 5.34. The third-order valence-corrected chi connectivity index (χ3v) is 3.14. The van der Waals surface area contributed by atoms with Crippen LogP contribution in [0.1, 0.15) is 11.1 Å². The van der Waals surface area contributed by atoms with E-state index in [1.165, 1.54) is 12.1 Å². The minimum Gasteiger partial charge on any atom is -0.493 e. The van der Waals surface area contributed by atoms with Crippen LogP contribution in [0.5, 0.6) is 5.75 Å². The van der Waals surface area contributed by atoms with Gasteiger partial charge in [-0.1, -0.05) is 30.3 Å². The maximum Gasteiger partial charge on any atom is 0.269 e. The normalized spacial score (nSPS) is 10.3.